The predicted octanol–water partition coefficient (Wildman–Crippen LogP) is 1.54. The second kappa shape index (κ2) is 7.53. The van der Waals surface area contributed by atoms with E-state index in [1.165, 1.54) is 6.07 Å². The van der Waals surface area contributed by atoms with Crippen molar-refractivity contribution in [2.24, 2.45) is 5.73 Å². The van der Waals surface area contributed by atoms with Crippen molar-refractivity contribution in [1.82, 2.24) is 4.90 Å². The topological polar surface area (TPSA) is 90.9 Å². The van der Waals surface area contributed by atoms with Gasteiger partial charge in [-0.1, -0.05) is 0 Å². The molecule has 0 amide bonds. The van der Waals surface area contributed by atoms with Gasteiger partial charge in [-0.2, -0.15) is 0 Å². The highest BCUT2D eigenvalue weighted by molar-refractivity contribution is 5.43. The molecule has 0 aliphatic carbocycles. The van der Waals surface area contributed by atoms with Gasteiger partial charge < -0.3 is 15.2 Å². The minimum Gasteiger partial charge on any atom is -0.496 e. The summed E-state index contributed by atoms with van der Waals surface area (Å²) in [5, 5.41) is 11.0. The zero-order valence-electron chi connectivity index (χ0n) is 13.0. The second-order valence-electron chi connectivity index (χ2n) is 5.50. The van der Waals surface area contributed by atoms with Gasteiger partial charge in [0.2, 0.25) is 0 Å². The largest absolute Gasteiger partial charge is 0.496 e. The van der Waals surface area contributed by atoms with Crippen molar-refractivity contribution < 1.29 is 14.4 Å². The van der Waals surface area contributed by atoms with Crippen LogP contribution in [0.25, 0.3) is 0 Å². The van der Waals surface area contributed by atoms with Crippen LogP contribution in [0.4, 0.5) is 5.69 Å². The van der Waals surface area contributed by atoms with Crippen molar-refractivity contribution in [2.45, 2.75) is 31.5 Å². The van der Waals surface area contributed by atoms with Crippen LogP contribution in [-0.4, -0.2) is 49.3 Å². The number of hydrogen-bond donors (Lipinski definition) is 1. The van der Waals surface area contributed by atoms with Gasteiger partial charge in [0.05, 0.1) is 18.1 Å². The highest BCUT2D eigenvalue weighted by Gasteiger charge is 2.28. The molecule has 2 N–H and O–H groups in total. The molecule has 1 fully saturated rings. The molecule has 1 aromatic carbocycles. The van der Waals surface area contributed by atoms with Crippen LogP contribution in [0.1, 0.15) is 18.4 Å². The lowest BCUT2D eigenvalue weighted by atomic mass is 9.98. The van der Waals surface area contributed by atoms with Crippen LogP contribution in [0.15, 0.2) is 18.2 Å². The van der Waals surface area contributed by atoms with Crippen molar-refractivity contribution in [3.8, 4) is 5.75 Å². The smallest absolute Gasteiger partial charge is 0.270 e. The third-order valence-electron chi connectivity index (χ3n) is 4.24. The Bertz CT molecular complexity index is 524. The Balaban J connectivity index is 2.18. The van der Waals surface area contributed by atoms with Crippen LogP contribution in [0.2, 0.25) is 0 Å². The maximum absolute atomic E-state index is 11.0. The lowest BCUT2D eigenvalue weighted by Crippen LogP contribution is -2.48. The van der Waals surface area contributed by atoms with E-state index in [0.717, 1.165) is 24.9 Å². The Morgan fingerprint density at radius 3 is 2.82 bits per heavy atom. The first kappa shape index (κ1) is 16.7. The number of ether oxygens (including phenoxy) is 2. The zero-order valence-corrected chi connectivity index (χ0v) is 13.0. The van der Waals surface area contributed by atoms with Crippen LogP contribution in [0.3, 0.4) is 0 Å². The van der Waals surface area contributed by atoms with Crippen molar-refractivity contribution >= 4 is 5.69 Å². The van der Waals surface area contributed by atoms with Gasteiger partial charge in [-0.15, -0.1) is 0 Å². The fraction of sp³-hybridized carbons (Fsp3) is 0.600. The molecule has 1 aromatic rings. The Hall–Kier alpha value is -1.70. The van der Waals surface area contributed by atoms with Crippen molar-refractivity contribution in [2.75, 3.05) is 27.3 Å². The minimum atomic E-state index is -0.388. The number of hydrogen-bond acceptors (Lipinski definition) is 6. The van der Waals surface area contributed by atoms with Crippen molar-refractivity contribution in [3.63, 3.8) is 0 Å². The summed E-state index contributed by atoms with van der Waals surface area (Å²) in [6.45, 7) is 1.98. The van der Waals surface area contributed by atoms with Gasteiger partial charge in [-0.05, 0) is 18.9 Å². The Morgan fingerprint density at radius 1 is 1.45 bits per heavy atom. The highest BCUT2D eigenvalue weighted by atomic mass is 16.6. The molecule has 2 unspecified atom stereocenters. The van der Waals surface area contributed by atoms with Gasteiger partial charge >= 0.3 is 0 Å². The molecule has 1 heterocycles. The van der Waals surface area contributed by atoms with Crippen LogP contribution < -0.4 is 10.5 Å². The average Bonchev–Trinajstić information content (AvgIpc) is 2.55. The maximum Gasteiger partial charge on any atom is 0.270 e. The zero-order chi connectivity index (χ0) is 16.1. The van der Waals surface area contributed by atoms with Gasteiger partial charge in [0.25, 0.3) is 5.69 Å². The quantitative estimate of drug-likeness (QED) is 0.633. The Morgan fingerprint density at radius 2 is 2.23 bits per heavy atom. The van der Waals surface area contributed by atoms with E-state index in [4.69, 9.17) is 15.2 Å². The molecule has 2 rings (SSSR count). The molecule has 7 nitrogen and oxygen atoms in total. The van der Waals surface area contributed by atoms with Crippen molar-refractivity contribution in [1.29, 1.82) is 0 Å². The van der Waals surface area contributed by atoms with E-state index in [-0.39, 0.29) is 22.8 Å². The van der Waals surface area contributed by atoms with E-state index in [9.17, 15) is 10.1 Å². The summed E-state index contributed by atoms with van der Waals surface area (Å²) in [4.78, 5) is 12.8. The summed E-state index contributed by atoms with van der Waals surface area (Å²) < 4.78 is 10.7. The summed E-state index contributed by atoms with van der Waals surface area (Å²) >= 11 is 0. The molecule has 0 saturated carbocycles. The first-order chi connectivity index (χ1) is 10.6. The van der Waals surface area contributed by atoms with E-state index in [0.29, 0.717) is 18.8 Å². The van der Waals surface area contributed by atoms with E-state index < -0.39 is 0 Å². The summed E-state index contributed by atoms with van der Waals surface area (Å²) in [5.74, 6) is 0.662. The summed E-state index contributed by atoms with van der Waals surface area (Å²) in [6.07, 6.45) is 2.05. The van der Waals surface area contributed by atoms with E-state index in [1.807, 2.05) is 0 Å². The Kier molecular flexibility index (Phi) is 5.70. The second-order valence-corrected chi connectivity index (χ2v) is 5.50. The summed E-state index contributed by atoms with van der Waals surface area (Å²) in [6, 6.07) is 4.89. The average molecular weight is 309 g/mol. The summed E-state index contributed by atoms with van der Waals surface area (Å²) in [7, 11) is 3.29. The molecule has 0 spiro atoms. The molecule has 0 aromatic heterocycles. The van der Waals surface area contributed by atoms with E-state index in [2.05, 4.69) is 4.90 Å². The number of nitro groups is 1. The number of likely N-dealkylation sites (tertiary alicyclic amines) is 1. The number of nitro benzene ring substituents is 1. The monoisotopic (exact) mass is 309 g/mol. The number of rotatable bonds is 6. The lowest BCUT2D eigenvalue weighted by Gasteiger charge is -2.38. The van der Waals surface area contributed by atoms with Gasteiger partial charge in [0.15, 0.2) is 0 Å². The molecular formula is C15H23N3O4. The molecule has 0 bridgehead atoms. The van der Waals surface area contributed by atoms with E-state index in [1.54, 1.807) is 26.4 Å². The third kappa shape index (κ3) is 3.73. The third-order valence-corrected chi connectivity index (χ3v) is 4.24. The van der Waals surface area contributed by atoms with Gasteiger partial charge in [-0.25, -0.2) is 0 Å². The van der Waals surface area contributed by atoms with Crippen LogP contribution in [-0.2, 0) is 11.3 Å². The van der Waals surface area contributed by atoms with Crippen LogP contribution in [0.5, 0.6) is 5.75 Å². The normalized spacial score (nSPS) is 22.5. The molecule has 0 radical (unpaired) electrons. The molecule has 1 aliphatic heterocycles. The number of methoxy groups -OCH3 is 2. The number of nitrogens with two attached hydrogens (primary N) is 1. The van der Waals surface area contributed by atoms with Gasteiger partial charge in [0.1, 0.15) is 5.75 Å². The van der Waals surface area contributed by atoms with Crippen molar-refractivity contribution in [3.05, 3.63) is 33.9 Å². The Labute approximate surface area is 130 Å². The number of benzene rings is 1. The molecule has 1 aliphatic rings. The van der Waals surface area contributed by atoms with Crippen LogP contribution >= 0.6 is 0 Å². The molecule has 122 valence electrons. The highest BCUT2D eigenvalue weighted by Crippen LogP contribution is 2.28. The first-order valence-electron chi connectivity index (χ1n) is 7.37. The number of non-ortho nitro benzene ring substituents is 1. The molecule has 7 heteroatoms. The predicted molar refractivity (Wildman–Crippen MR) is 82.9 cm³/mol. The minimum absolute atomic E-state index is 0.0758. The fourth-order valence-electron chi connectivity index (χ4n) is 2.95. The SMILES string of the molecule is COc1ccc([N+](=O)[O-])cc1CN1CCC(OC)CC1CN. The first-order valence-corrected chi connectivity index (χ1v) is 7.37. The molecular weight excluding hydrogens is 286 g/mol. The molecule has 2 atom stereocenters. The van der Waals surface area contributed by atoms with Crippen LogP contribution in [0, 0.1) is 10.1 Å². The fourth-order valence-corrected chi connectivity index (χ4v) is 2.95. The standard InChI is InChI=1S/C15H23N3O4/c1-21-14-5-6-17(13(8-14)9-16)10-11-7-12(18(19)20)3-4-15(11)22-2/h3-4,7,13-14H,5-6,8-10,16H2,1-2H3. The molecule has 1 saturated heterocycles. The maximum atomic E-state index is 11.0. The summed E-state index contributed by atoms with van der Waals surface area (Å²) in [5.41, 5.74) is 6.76. The van der Waals surface area contributed by atoms with Gasteiger partial charge in [0, 0.05) is 50.5 Å². The number of piperidine rings is 1. The van der Waals surface area contributed by atoms with E-state index >= 15 is 0 Å². The number of nitrogens with zero attached hydrogens (tertiary/aromatic N) is 2. The van der Waals surface area contributed by atoms with Gasteiger partial charge in [-0.3, -0.25) is 15.0 Å². The molecule has 22 heavy (non-hydrogen) atoms. The lowest BCUT2D eigenvalue weighted by molar-refractivity contribution is -0.385.